The van der Waals surface area contributed by atoms with Gasteiger partial charge < -0.3 is 4.52 Å². The molecule has 0 fully saturated rings. The minimum Gasteiger partial charge on any atom is -0.358 e. The number of nitriles is 1. The topological polar surface area (TPSA) is 116 Å². The Balaban J connectivity index is 2.03. The van der Waals surface area contributed by atoms with Crippen LogP contribution in [0.3, 0.4) is 0 Å². The average molecular weight is 479 g/mol. The maximum Gasteiger partial charge on any atom is 0.270 e. The Hall–Kier alpha value is -2.87. The predicted octanol–water partition coefficient (Wildman–Crippen LogP) is 4.59. The second kappa shape index (κ2) is 8.70. The van der Waals surface area contributed by atoms with Gasteiger partial charge in [-0.1, -0.05) is 22.8 Å². The summed E-state index contributed by atoms with van der Waals surface area (Å²) in [6.07, 6.45) is 0. The number of aryl methyl sites for hydroxylation is 2. The summed E-state index contributed by atoms with van der Waals surface area (Å²) in [5.74, 6) is -0.500. The maximum absolute atomic E-state index is 13.4. The Morgan fingerprint density at radius 1 is 1.26 bits per heavy atom. The molecule has 0 aliphatic carbocycles. The van der Waals surface area contributed by atoms with Crippen molar-refractivity contribution in [1.29, 1.82) is 5.26 Å². The minimum absolute atomic E-state index is 0.0308. The van der Waals surface area contributed by atoms with Gasteiger partial charge >= 0.3 is 0 Å². The lowest BCUT2D eigenvalue weighted by molar-refractivity contribution is 0.0991. The molecule has 0 atom stereocenters. The number of thiophene rings is 1. The molecule has 3 rings (SSSR count). The lowest BCUT2D eigenvalue weighted by Crippen LogP contribution is -2.32. The van der Waals surface area contributed by atoms with E-state index < -0.39 is 15.9 Å². The van der Waals surface area contributed by atoms with Gasteiger partial charge in [0.05, 0.1) is 6.07 Å². The summed E-state index contributed by atoms with van der Waals surface area (Å²) in [7, 11) is -4.19. The van der Waals surface area contributed by atoms with E-state index >= 15 is 0 Å². The van der Waals surface area contributed by atoms with E-state index in [1.54, 1.807) is 13.0 Å². The molecule has 8 nitrogen and oxygen atoms in total. The number of hydrogen-bond donors (Lipinski definition) is 1. The van der Waals surface area contributed by atoms with E-state index in [2.05, 4.69) is 9.88 Å². The SMILES string of the molecule is Cc1ccc(N(CC#N)C(=O)c2sccc2S(=O)(=O)Nc2noc(C)c2Cl)c(C)c1C. The number of benzene rings is 1. The van der Waals surface area contributed by atoms with E-state index in [0.717, 1.165) is 28.0 Å². The predicted molar refractivity (Wildman–Crippen MR) is 119 cm³/mol. The highest BCUT2D eigenvalue weighted by atomic mass is 35.5. The van der Waals surface area contributed by atoms with Crippen LogP contribution in [0.15, 0.2) is 33.0 Å². The van der Waals surface area contributed by atoms with E-state index in [0.29, 0.717) is 5.69 Å². The van der Waals surface area contributed by atoms with Crippen molar-refractivity contribution in [2.45, 2.75) is 32.6 Å². The van der Waals surface area contributed by atoms with E-state index in [9.17, 15) is 18.5 Å². The lowest BCUT2D eigenvalue weighted by Gasteiger charge is -2.23. The van der Waals surface area contributed by atoms with Crippen molar-refractivity contribution in [1.82, 2.24) is 5.16 Å². The highest BCUT2D eigenvalue weighted by Gasteiger charge is 2.30. The first-order chi connectivity index (χ1) is 14.6. The van der Waals surface area contributed by atoms with Crippen molar-refractivity contribution >= 4 is 50.4 Å². The highest BCUT2D eigenvalue weighted by molar-refractivity contribution is 7.93. The maximum atomic E-state index is 13.4. The lowest BCUT2D eigenvalue weighted by atomic mass is 10.0. The summed E-state index contributed by atoms with van der Waals surface area (Å²) in [6.45, 7) is 7.05. The number of aromatic nitrogens is 1. The van der Waals surface area contributed by atoms with Gasteiger partial charge in [0.1, 0.15) is 21.3 Å². The molecule has 2 aromatic heterocycles. The van der Waals surface area contributed by atoms with E-state index in [4.69, 9.17) is 16.1 Å². The molecule has 0 spiro atoms. The first kappa shape index (κ1) is 22.8. The molecule has 2 heterocycles. The van der Waals surface area contributed by atoms with Crippen LogP contribution in [-0.2, 0) is 10.0 Å². The fourth-order valence-electron chi connectivity index (χ4n) is 2.97. The van der Waals surface area contributed by atoms with Gasteiger partial charge in [-0.05, 0) is 61.9 Å². The van der Waals surface area contributed by atoms with Crippen LogP contribution in [0, 0.1) is 39.0 Å². The van der Waals surface area contributed by atoms with Crippen LogP contribution < -0.4 is 9.62 Å². The summed E-state index contributed by atoms with van der Waals surface area (Å²) in [5.41, 5.74) is 3.43. The number of halogens is 1. The largest absolute Gasteiger partial charge is 0.358 e. The standard InChI is InChI=1S/C20H19ClN4O4S2/c1-11-5-6-15(13(3)12(11)2)25(9-8-22)20(26)18-16(7-10-30-18)31(27,28)24-19-17(21)14(4)29-23-19/h5-7,10H,9H2,1-4H3,(H,23,24). The third-order valence-electron chi connectivity index (χ3n) is 4.93. The van der Waals surface area contributed by atoms with Crippen molar-refractivity contribution in [3.05, 3.63) is 55.9 Å². The van der Waals surface area contributed by atoms with Crippen LogP contribution in [0.1, 0.15) is 32.1 Å². The molecule has 0 unspecified atom stereocenters. The molecule has 0 bridgehead atoms. The Labute approximate surface area is 189 Å². The molecule has 0 radical (unpaired) electrons. The van der Waals surface area contributed by atoms with Gasteiger partial charge in [0.2, 0.25) is 5.82 Å². The summed E-state index contributed by atoms with van der Waals surface area (Å²) in [5, 5.41) is 14.4. The average Bonchev–Trinajstić information content (AvgIpc) is 3.34. The van der Waals surface area contributed by atoms with Crippen molar-refractivity contribution in [3.63, 3.8) is 0 Å². The number of sulfonamides is 1. The number of anilines is 2. The molecule has 1 aromatic carbocycles. The molecular formula is C20H19ClN4O4S2. The summed E-state index contributed by atoms with van der Waals surface area (Å²) >= 11 is 6.97. The van der Waals surface area contributed by atoms with Crippen molar-refractivity contribution in [2.75, 3.05) is 16.2 Å². The van der Waals surface area contributed by atoms with Crippen LogP contribution >= 0.6 is 22.9 Å². The van der Waals surface area contributed by atoms with Gasteiger partial charge in [-0.25, -0.2) is 8.42 Å². The van der Waals surface area contributed by atoms with E-state index in [1.165, 1.54) is 16.3 Å². The van der Waals surface area contributed by atoms with Gasteiger partial charge in [-0.15, -0.1) is 11.3 Å². The number of carbonyl (C=O) groups excluding carboxylic acids is 1. The number of hydrogen-bond acceptors (Lipinski definition) is 7. The smallest absolute Gasteiger partial charge is 0.270 e. The summed E-state index contributed by atoms with van der Waals surface area (Å²) in [4.78, 5) is 14.4. The van der Waals surface area contributed by atoms with Gasteiger partial charge in [0.25, 0.3) is 15.9 Å². The zero-order valence-corrected chi connectivity index (χ0v) is 19.6. The first-order valence-corrected chi connectivity index (χ1v) is 11.8. The summed E-state index contributed by atoms with van der Waals surface area (Å²) in [6, 6.07) is 6.92. The summed E-state index contributed by atoms with van der Waals surface area (Å²) < 4.78 is 33.0. The third-order valence-corrected chi connectivity index (χ3v) is 7.79. The Morgan fingerprint density at radius 2 is 1.97 bits per heavy atom. The molecule has 1 amide bonds. The van der Waals surface area contributed by atoms with Crippen molar-refractivity contribution in [2.24, 2.45) is 0 Å². The van der Waals surface area contributed by atoms with Gasteiger partial charge in [0.15, 0.2) is 5.76 Å². The third kappa shape index (κ3) is 4.30. The van der Waals surface area contributed by atoms with Gasteiger partial charge in [-0.2, -0.15) is 5.26 Å². The number of rotatable bonds is 6. The van der Waals surface area contributed by atoms with Crippen molar-refractivity contribution < 1.29 is 17.7 Å². The first-order valence-electron chi connectivity index (χ1n) is 9.06. The second-order valence-corrected chi connectivity index (χ2v) is 9.77. The number of nitrogens with zero attached hydrogens (tertiary/aromatic N) is 3. The van der Waals surface area contributed by atoms with Crippen LogP contribution in [-0.4, -0.2) is 26.0 Å². The zero-order valence-electron chi connectivity index (χ0n) is 17.2. The zero-order chi connectivity index (χ0) is 22.9. The quantitative estimate of drug-likeness (QED) is 0.517. The minimum atomic E-state index is -4.19. The molecule has 0 saturated heterocycles. The van der Waals surface area contributed by atoms with Gasteiger partial charge in [-0.3, -0.25) is 14.4 Å². The van der Waals surface area contributed by atoms with Crippen molar-refractivity contribution in [3.8, 4) is 6.07 Å². The van der Waals surface area contributed by atoms with Crippen LogP contribution in [0.5, 0.6) is 0 Å². The van der Waals surface area contributed by atoms with Crippen LogP contribution in [0.2, 0.25) is 5.02 Å². The Kier molecular flexibility index (Phi) is 6.40. The molecule has 3 aromatic rings. The highest BCUT2D eigenvalue weighted by Crippen LogP contribution is 2.32. The van der Waals surface area contributed by atoms with E-state index in [1.807, 2.05) is 32.9 Å². The Morgan fingerprint density at radius 3 is 2.58 bits per heavy atom. The molecular weight excluding hydrogens is 460 g/mol. The molecule has 162 valence electrons. The molecule has 1 N–H and O–H groups in total. The molecule has 0 saturated carbocycles. The fourth-order valence-corrected chi connectivity index (χ4v) is 5.52. The number of nitrogens with one attached hydrogen (secondary N) is 1. The Bertz CT molecular complexity index is 1310. The normalized spacial score (nSPS) is 11.2. The molecule has 0 aliphatic heterocycles. The molecule has 31 heavy (non-hydrogen) atoms. The second-order valence-electron chi connectivity index (χ2n) is 6.82. The number of amides is 1. The molecule has 0 aliphatic rings. The monoisotopic (exact) mass is 478 g/mol. The van der Waals surface area contributed by atoms with Crippen LogP contribution in [0.25, 0.3) is 0 Å². The molecule has 11 heteroatoms. The van der Waals surface area contributed by atoms with E-state index in [-0.39, 0.29) is 32.9 Å². The fraction of sp³-hybridized carbons (Fsp3) is 0.250. The van der Waals surface area contributed by atoms with Crippen LogP contribution in [0.4, 0.5) is 11.5 Å². The van der Waals surface area contributed by atoms with Gasteiger partial charge in [0, 0.05) is 5.69 Å². The number of carbonyl (C=O) groups is 1.